The Morgan fingerprint density at radius 2 is 1.91 bits per heavy atom. The van der Waals surface area contributed by atoms with Crippen LogP contribution in [0.1, 0.15) is 16.7 Å². The van der Waals surface area contributed by atoms with Crippen LogP contribution < -0.4 is 10.1 Å². The highest BCUT2D eigenvalue weighted by Gasteiger charge is 2.30. The van der Waals surface area contributed by atoms with E-state index < -0.39 is 11.7 Å². The fourth-order valence-corrected chi connectivity index (χ4v) is 2.80. The van der Waals surface area contributed by atoms with E-state index in [4.69, 9.17) is 4.74 Å². The third kappa shape index (κ3) is 4.05. The van der Waals surface area contributed by atoms with Gasteiger partial charge in [0.05, 0.1) is 12.2 Å². The van der Waals surface area contributed by atoms with Gasteiger partial charge in [-0.2, -0.15) is 13.2 Å². The van der Waals surface area contributed by atoms with E-state index >= 15 is 0 Å². The van der Waals surface area contributed by atoms with Gasteiger partial charge in [-0.05, 0) is 29.7 Å². The van der Waals surface area contributed by atoms with Gasteiger partial charge in [-0.15, -0.1) is 0 Å². The summed E-state index contributed by atoms with van der Waals surface area (Å²) in [5.41, 5.74) is 1.22. The molecule has 0 saturated carbocycles. The molecular weight excluding hydrogens is 303 g/mol. The second-order valence-electron chi connectivity index (χ2n) is 5.82. The number of hydrogen-bond donors (Lipinski definition) is 1. The Bertz CT molecular complexity index is 669. The minimum atomic E-state index is -4.29. The van der Waals surface area contributed by atoms with Crippen LogP contribution in [0.15, 0.2) is 48.5 Å². The molecule has 122 valence electrons. The maximum Gasteiger partial charge on any atom is 0.416 e. The standard InChI is InChI=1S/C18H18F3NO/c19-18(20,21)16-6-3-4-13(9-16)10-22-11-14-8-15-5-1-2-7-17(15)23-12-14/h1-7,9,14,22H,8,10-12H2. The highest BCUT2D eigenvalue weighted by molar-refractivity contribution is 5.35. The lowest BCUT2D eigenvalue weighted by molar-refractivity contribution is -0.137. The maximum atomic E-state index is 12.7. The molecule has 0 bridgehead atoms. The summed E-state index contributed by atoms with van der Waals surface area (Å²) in [6.07, 6.45) is -3.37. The SMILES string of the molecule is FC(F)(F)c1cccc(CNCC2COc3ccccc3C2)c1. The minimum Gasteiger partial charge on any atom is -0.493 e. The molecule has 0 saturated heterocycles. The van der Waals surface area contributed by atoms with Crippen LogP contribution in [0.2, 0.25) is 0 Å². The number of para-hydroxylation sites is 1. The van der Waals surface area contributed by atoms with Crippen molar-refractivity contribution in [3.8, 4) is 5.75 Å². The summed E-state index contributed by atoms with van der Waals surface area (Å²) in [5.74, 6) is 1.26. The van der Waals surface area contributed by atoms with Gasteiger partial charge in [0.2, 0.25) is 0 Å². The predicted octanol–water partition coefficient (Wildman–Crippen LogP) is 4.05. The molecule has 1 heterocycles. The topological polar surface area (TPSA) is 21.3 Å². The Morgan fingerprint density at radius 1 is 1.09 bits per heavy atom. The van der Waals surface area contributed by atoms with Crippen LogP contribution in [-0.4, -0.2) is 13.2 Å². The van der Waals surface area contributed by atoms with Crippen molar-refractivity contribution in [1.82, 2.24) is 5.32 Å². The van der Waals surface area contributed by atoms with Gasteiger partial charge in [-0.3, -0.25) is 0 Å². The van der Waals surface area contributed by atoms with E-state index in [1.165, 1.54) is 17.7 Å². The van der Waals surface area contributed by atoms with Crippen LogP contribution in [-0.2, 0) is 19.1 Å². The molecule has 1 unspecified atom stereocenters. The van der Waals surface area contributed by atoms with Gasteiger partial charge in [-0.25, -0.2) is 0 Å². The van der Waals surface area contributed by atoms with E-state index in [-0.39, 0.29) is 0 Å². The first-order valence-electron chi connectivity index (χ1n) is 7.60. The molecule has 0 fully saturated rings. The van der Waals surface area contributed by atoms with E-state index in [9.17, 15) is 13.2 Å². The second kappa shape index (κ2) is 6.62. The maximum absolute atomic E-state index is 12.7. The fourth-order valence-electron chi connectivity index (χ4n) is 2.80. The lowest BCUT2D eigenvalue weighted by atomic mass is 9.96. The summed E-state index contributed by atoms with van der Waals surface area (Å²) >= 11 is 0. The molecule has 0 amide bonds. The van der Waals surface area contributed by atoms with Crippen molar-refractivity contribution < 1.29 is 17.9 Å². The Kier molecular flexibility index (Phi) is 4.57. The highest BCUT2D eigenvalue weighted by Crippen LogP contribution is 2.29. The van der Waals surface area contributed by atoms with Crippen molar-refractivity contribution in [2.24, 2.45) is 5.92 Å². The lowest BCUT2D eigenvalue weighted by Gasteiger charge is -2.25. The van der Waals surface area contributed by atoms with Gasteiger partial charge < -0.3 is 10.1 Å². The Hall–Kier alpha value is -2.01. The molecule has 1 N–H and O–H groups in total. The molecule has 2 aromatic rings. The molecule has 1 aliphatic rings. The molecule has 3 rings (SSSR count). The van der Waals surface area contributed by atoms with Gasteiger partial charge in [0.15, 0.2) is 0 Å². The number of hydrogen-bond acceptors (Lipinski definition) is 2. The number of halogens is 3. The number of nitrogens with one attached hydrogen (secondary N) is 1. The Morgan fingerprint density at radius 3 is 2.74 bits per heavy atom. The number of ether oxygens (including phenoxy) is 1. The first-order chi connectivity index (χ1) is 11.0. The zero-order valence-electron chi connectivity index (χ0n) is 12.6. The number of fused-ring (bicyclic) bond motifs is 1. The molecule has 23 heavy (non-hydrogen) atoms. The normalized spacial score (nSPS) is 17.4. The van der Waals surface area contributed by atoms with Gasteiger partial charge in [0.25, 0.3) is 0 Å². The molecule has 5 heteroatoms. The Balaban J connectivity index is 1.53. The fraction of sp³-hybridized carbons (Fsp3) is 0.333. The summed E-state index contributed by atoms with van der Waals surface area (Å²) < 4.78 is 43.8. The first-order valence-corrected chi connectivity index (χ1v) is 7.60. The molecule has 0 radical (unpaired) electrons. The van der Waals surface area contributed by atoms with Gasteiger partial charge in [0.1, 0.15) is 5.75 Å². The van der Waals surface area contributed by atoms with E-state index in [2.05, 4.69) is 5.32 Å². The van der Waals surface area contributed by atoms with Crippen LogP contribution in [0.5, 0.6) is 5.75 Å². The molecule has 1 aliphatic heterocycles. The third-order valence-corrected chi connectivity index (χ3v) is 3.97. The van der Waals surface area contributed by atoms with Crippen molar-refractivity contribution in [2.45, 2.75) is 19.1 Å². The second-order valence-corrected chi connectivity index (χ2v) is 5.82. The van der Waals surface area contributed by atoms with Crippen molar-refractivity contribution in [3.63, 3.8) is 0 Å². The highest BCUT2D eigenvalue weighted by atomic mass is 19.4. The molecule has 0 aromatic heterocycles. The van der Waals surface area contributed by atoms with Gasteiger partial charge in [0, 0.05) is 19.0 Å². The smallest absolute Gasteiger partial charge is 0.416 e. The summed E-state index contributed by atoms with van der Waals surface area (Å²) in [6, 6.07) is 13.4. The summed E-state index contributed by atoms with van der Waals surface area (Å²) in [6.45, 7) is 1.76. The van der Waals surface area contributed by atoms with Crippen molar-refractivity contribution in [2.75, 3.05) is 13.2 Å². The zero-order chi connectivity index (χ0) is 16.3. The minimum absolute atomic E-state index is 0.329. The van der Waals surface area contributed by atoms with E-state index in [1.54, 1.807) is 6.07 Å². The van der Waals surface area contributed by atoms with Crippen LogP contribution in [0.25, 0.3) is 0 Å². The predicted molar refractivity (Wildman–Crippen MR) is 82.3 cm³/mol. The average molecular weight is 321 g/mol. The van der Waals surface area contributed by atoms with E-state index in [1.807, 2.05) is 24.3 Å². The number of rotatable bonds is 4. The first kappa shape index (κ1) is 15.9. The van der Waals surface area contributed by atoms with Crippen molar-refractivity contribution >= 4 is 0 Å². The van der Waals surface area contributed by atoms with Crippen LogP contribution >= 0.6 is 0 Å². The van der Waals surface area contributed by atoms with Crippen LogP contribution in [0.4, 0.5) is 13.2 Å². The zero-order valence-corrected chi connectivity index (χ0v) is 12.6. The molecule has 2 aromatic carbocycles. The summed E-state index contributed by atoms with van der Waals surface area (Å²) in [4.78, 5) is 0. The summed E-state index contributed by atoms with van der Waals surface area (Å²) in [5, 5.41) is 3.23. The number of benzene rings is 2. The molecule has 2 nitrogen and oxygen atoms in total. The molecule has 1 atom stereocenters. The lowest BCUT2D eigenvalue weighted by Crippen LogP contribution is -2.31. The molecule has 0 aliphatic carbocycles. The molecule has 0 spiro atoms. The average Bonchev–Trinajstić information content (AvgIpc) is 2.54. The van der Waals surface area contributed by atoms with Crippen LogP contribution in [0, 0.1) is 5.92 Å². The van der Waals surface area contributed by atoms with Crippen LogP contribution in [0.3, 0.4) is 0 Å². The number of alkyl halides is 3. The quantitative estimate of drug-likeness (QED) is 0.917. The molecular formula is C18H18F3NO. The van der Waals surface area contributed by atoms with E-state index in [0.717, 1.165) is 18.2 Å². The van der Waals surface area contributed by atoms with Gasteiger partial charge in [-0.1, -0.05) is 36.4 Å². The van der Waals surface area contributed by atoms with Crippen molar-refractivity contribution in [1.29, 1.82) is 0 Å². The summed E-state index contributed by atoms with van der Waals surface area (Å²) in [7, 11) is 0. The van der Waals surface area contributed by atoms with E-state index in [0.29, 0.717) is 31.2 Å². The monoisotopic (exact) mass is 321 g/mol. The third-order valence-electron chi connectivity index (χ3n) is 3.97. The van der Waals surface area contributed by atoms with Crippen molar-refractivity contribution in [3.05, 3.63) is 65.2 Å². The van der Waals surface area contributed by atoms with Gasteiger partial charge >= 0.3 is 6.18 Å². The largest absolute Gasteiger partial charge is 0.493 e. The Labute approximate surface area is 133 Å².